The van der Waals surface area contributed by atoms with E-state index in [4.69, 9.17) is 5.11 Å². The molecule has 2 heterocycles. The number of carboxylic acid groups (broad SMARTS) is 1. The van der Waals surface area contributed by atoms with E-state index >= 15 is 0 Å². The van der Waals surface area contributed by atoms with Crippen LogP contribution in [0.4, 0.5) is 4.79 Å². The average molecular weight is 311 g/mol. The molecule has 1 aliphatic rings. The summed E-state index contributed by atoms with van der Waals surface area (Å²) in [4.78, 5) is 26.8. The summed E-state index contributed by atoms with van der Waals surface area (Å²) in [6.45, 7) is 5.93. The van der Waals surface area contributed by atoms with Gasteiger partial charge >= 0.3 is 12.0 Å². The van der Waals surface area contributed by atoms with Crippen LogP contribution in [0.3, 0.4) is 0 Å². The molecule has 0 aliphatic carbocycles. The molecule has 0 aromatic carbocycles. The van der Waals surface area contributed by atoms with Crippen LogP contribution in [0.1, 0.15) is 25.5 Å². The summed E-state index contributed by atoms with van der Waals surface area (Å²) in [6, 6.07) is 1.40. The molecule has 2 atom stereocenters. The summed E-state index contributed by atoms with van der Waals surface area (Å²) < 4.78 is 0. The smallest absolute Gasteiger partial charge is 0.320 e. The predicted octanol–water partition coefficient (Wildman–Crippen LogP) is 1.61. The lowest BCUT2D eigenvalue weighted by Gasteiger charge is -2.36. The first kappa shape index (κ1) is 15.8. The number of rotatable bonds is 4. The standard InChI is InChI=1S/C14H21N3O3S/c1-10(12-3-8-21-9-12)15-14(20)17-6-4-16(5-7-17)11(2)13(18)19/h3,8-11H,4-7H2,1-2H3,(H,15,20)(H,18,19). The first-order valence-corrected chi connectivity index (χ1v) is 7.97. The minimum absolute atomic E-state index is 0.0141. The van der Waals surface area contributed by atoms with Crippen LogP contribution >= 0.6 is 11.3 Å². The van der Waals surface area contributed by atoms with Crippen molar-refractivity contribution in [3.05, 3.63) is 22.4 Å². The van der Waals surface area contributed by atoms with Crippen LogP contribution in [0.2, 0.25) is 0 Å². The molecule has 2 rings (SSSR count). The summed E-state index contributed by atoms with van der Waals surface area (Å²) in [5.41, 5.74) is 1.10. The maximum atomic E-state index is 12.2. The number of carbonyl (C=O) groups excluding carboxylic acids is 1. The number of hydrogen-bond acceptors (Lipinski definition) is 4. The number of carbonyl (C=O) groups is 2. The van der Waals surface area contributed by atoms with E-state index in [-0.39, 0.29) is 12.1 Å². The number of nitrogens with zero attached hydrogens (tertiary/aromatic N) is 2. The first-order valence-electron chi connectivity index (χ1n) is 7.03. The topological polar surface area (TPSA) is 72.9 Å². The predicted molar refractivity (Wildman–Crippen MR) is 81.5 cm³/mol. The zero-order valence-electron chi connectivity index (χ0n) is 12.3. The van der Waals surface area contributed by atoms with Crippen molar-refractivity contribution in [3.8, 4) is 0 Å². The van der Waals surface area contributed by atoms with Gasteiger partial charge in [0.05, 0.1) is 6.04 Å². The van der Waals surface area contributed by atoms with E-state index in [2.05, 4.69) is 5.32 Å². The van der Waals surface area contributed by atoms with Crippen molar-refractivity contribution >= 4 is 23.3 Å². The fourth-order valence-electron chi connectivity index (χ4n) is 2.35. The summed E-state index contributed by atoms with van der Waals surface area (Å²) >= 11 is 1.61. The minimum Gasteiger partial charge on any atom is -0.480 e. The van der Waals surface area contributed by atoms with E-state index < -0.39 is 12.0 Å². The third-order valence-electron chi connectivity index (χ3n) is 3.89. The molecule has 6 nitrogen and oxygen atoms in total. The molecule has 1 aromatic heterocycles. The highest BCUT2D eigenvalue weighted by atomic mass is 32.1. The lowest BCUT2D eigenvalue weighted by molar-refractivity contribution is -0.143. The number of aliphatic carboxylic acids is 1. The molecule has 1 saturated heterocycles. The van der Waals surface area contributed by atoms with Crippen LogP contribution in [0.25, 0.3) is 0 Å². The molecule has 1 aromatic rings. The Morgan fingerprint density at radius 3 is 2.48 bits per heavy atom. The van der Waals surface area contributed by atoms with Gasteiger partial charge in [-0.3, -0.25) is 9.69 Å². The molecule has 1 fully saturated rings. The fraction of sp³-hybridized carbons (Fsp3) is 0.571. The molecule has 0 bridgehead atoms. The van der Waals surface area contributed by atoms with Crippen LogP contribution in [-0.4, -0.2) is 59.1 Å². The van der Waals surface area contributed by atoms with Crippen molar-refractivity contribution in [2.24, 2.45) is 0 Å². The second-order valence-corrected chi connectivity index (χ2v) is 6.05. The van der Waals surface area contributed by atoms with Gasteiger partial charge in [-0.05, 0) is 36.2 Å². The largest absolute Gasteiger partial charge is 0.480 e. The van der Waals surface area contributed by atoms with Gasteiger partial charge in [0.1, 0.15) is 6.04 Å². The van der Waals surface area contributed by atoms with Crippen molar-refractivity contribution < 1.29 is 14.7 Å². The van der Waals surface area contributed by atoms with E-state index in [1.54, 1.807) is 23.2 Å². The van der Waals surface area contributed by atoms with Crippen LogP contribution in [-0.2, 0) is 4.79 Å². The zero-order chi connectivity index (χ0) is 15.4. The third-order valence-corrected chi connectivity index (χ3v) is 4.59. The number of hydrogen-bond donors (Lipinski definition) is 2. The van der Waals surface area contributed by atoms with Crippen molar-refractivity contribution in [3.63, 3.8) is 0 Å². The number of amides is 2. The average Bonchev–Trinajstić information content (AvgIpc) is 3.00. The lowest BCUT2D eigenvalue weighted by atomic mass is 10.2. The second kappa shape index (κ2) is 6.91. The van der Waals surface area contributed by atoms with Crippen molar-refractivity contribution in [1.82, 2.24) is 15.1 Å². The molecule has 21 heavy (non-hydrogen) atoms. The van der Waals surface area contributed by atoms with Gasteiger partial charge in [-0.2, -0.15) is 11.3 Å². The molecule has 2 N–H and O–H groups in total. The Morgan fingerprint density at radius 2 is 1.95 bits per heavy atom. The van der Waals surface area contributed by atoms with Gasteiger partial charge in [-0.25, -0.2) is 4.79 Å². The zero-order valence-corrected chi connectivity index (χ0v) is 13.1. The normalized spacial score (nSPS) is 19.0. The highest BCUT2D eigenvalue weighted by molar-refractivity contribution is 7.07. The van der Waals surface area contributed by atoms with E-state index in [1.165, 1.54) is 0 Å². The molecular formula is C14H21N3O3S. The van der Waals surface area contributed by atoms with Crippen molar-refractivity contribution in [2.45, 2.75) is 25.9 Å². The van der Waals surface area contributed by atoms with Gasteiger partial charge < -0.3 is 15.3 Å². The van der Waals surface area contributed by atoms with E-state index in [0.29, 0.717) is 26.2 Å². The number of thiophene rings is 1. The Morgan fingerprint density at radius 1 is 1.29 bits per heavy atom. The SMILES string of the molecule is CC(NC(=O)N1CCN(C(C)C(=O)O)CC1)c1ccsc1. The Hall–Kier alpha value is -1.60. The number of urea groups is 1. The maximum Gasteiger partial charge on any atom is 0.320 e. The number of piperazine rings is 1. The molecule has 2 unspecified atom stereocenters. The van der Waals surface area contributed by atoms with Gasteiger partial charge in [0.2, 0.25) is 0 Å². The molecule has 2 amide bonds. The molecule has 116 valence electrons. The Bertz CT molecular complexity index is 484. The Balaban J connectivity index is 1.82. The van der Waals surface area contributed by atoms with Gasteiger partial charge in [0, 0.05) is 26.2 Å². The summed E-state index contributed by atoms with van der Waals surface area (Å²) in [6.07, 6.45) is 0. The van der Waals surface area contributed by atoms with Crippen molar-refractivity contribution in [2.75, 3.05) is 26.2 Å². The quantitative estimate of drug-likeness (QED) is 0.886. The van der Waals surface area contributed by atoms with E-state index in [9.17, 15) is 9.59 Å². The minimum atomic E-state index is -0.820. The fourth-order valence-corrected chi connectivity index (χ4v) is 3.10. The molecule has 1 aliphatic heterocycles. The van der Waals surface area contributed by atoms with Crippen LogP contribution in [0.5, 0.6) is 0 Å². The van der Waals surface area contributed by atoms with Crippen LogP contribution in [0, 0.1) is 0 Å². The molecule has 7 heteroatoms. The number of nitrogens with one attached hydrogen (secondary N) is 1. The molecule has 0 saturated carbocycles. The Labute approximate surface area is 128 Å². The molecule has 0 spiro atoms. The Kier molecular flexibility index (Phi) is 5.19. The number of carboxylic acids is 1. The molecular weight excluding hydrogens is 290 g/mol. The third kappa shape index (κ3) is 3.95. The van der Waals surface area contributed by atoms with Gasteiger partial charge in [-0.15, -0.1) is 0 Å². The van der Waals surface area contributed by atoms with Crippen LogP contribution in [0.15, 0.2) is 16.8 Å². The molecule has 0 radical (unpaired) electrons. The summed E-state index contributed by atoms with van der Waals surface area (Å²) in [7, 11) is 0. The second-order valence-electron chi connectivity index (χ2n) is 5.27. The van der Waals surface area contributed by atoms with E-state index in [0.717, 1.165) is 5.56 Å². The summed E-state index contributed by atoms with van der Waals surface area (Å²) in [5, 5.41) is 16.0. The maximum absolute atomic E-state index is 12.2. The lowest BCUT2D eigenvalue weighted by Crippen LogP contribution is -2.55. The monoisotopic (exact) mass is 311 g/mol. The highest BCUT2D eigenvalue weighted by Crippen LogP contribution is 2.16. The van der Waals surface area contributed by atoms with E-state index in [1.807, 2.05) is 28.7 Å². The first-order chi connectivity index (χ1) is 9.99. The van der Waals surface area contributed by atoms with Gasteiger partial charge in [0.15, 0.2) is 0 Å². The van der Waals surface area contributed by atoms with Gasteiger partial charge in [-0.1, -0.05) is 0 Å². The highest BCUT2D eigenvalue weighted by Gasteiger charge is 2.27. The van der Waals surface area contributed by atoms with Crippen LogP contribution < -0.4 is 5.32 Å². The van der Waals surface area contributed by atoms with Crippen molar-refractivity contribution in [1.29, 1.82) is 0 Å². The summed E-state index contributed by atoms with van der Waals surface area (Å²) in [5.74, 6) is -0.820. The van der Waals surface area contributed by atoms with Gasteiger partial charge in [0.25, 0.3) is 0 Å².